The van der Waals surface area contributed by atoms with Gasteiger partial charge in [0.05, 0.1) is 11.5 Å². The Hall–Kier alpha value is -2.19. The van der Waals surface area contributed by atoms with Crippen LogP contribution in [0.2, 0.25) is 0 Å². The number of carbonyl (C=O) groups excluding carboxylic acids is 1. The molecule has 0 aliphatic heterocycles. The van der Waals surface area contributed by atoms with E-state index < -0.39 is 11.2 Å². The Morgan fingerprint density at radius 2 is 2.00 bits per heavy atom. The summed E-state index contributed by atoms with van der Waals surface area (Å²) in [6.07, 6.45) is -0.521. The first-order valence-corrected chi connectivity index (χ1v) is 6.20. The number of hydrogen-bond donors (Lipinski definition) is 1. The van der Waals surface area contributed by atoms with Gasteiger partial charge in [-0.2, -0.15) is 0 Å². The van der Waals surface area contributed by atoms with Crippen molar-refractivity contribution >= 4 is 17.3 Å². The summed E-state index contributed by atoms with van der Waals surface area (Å²) in [4.78, 5) is 23.8. The fraction of sp³-hybridized carbons (Fsp3) is 0.462. The van der Waals surface area contributed by atoms with Crippen LogP contribution < -0.4 is 5.32 Å². The first-order chi connectivity index (χ1) is 9.90. The summed E-state index contributed by atoms with van der Waals surface area (Å²) < 4.78 is 10.00. The van der Waals surface area contributed by atoms with Crippen molar-refractivity contribution in [3.05, 3.63) is 33.9 Å². The molecule has 0 aromatic heterocycles. The van der Waals surface area contributed by atoms with E-state index in [4.69, 9.17) is 9.47 Å². The molecule has 0 aliphatic carbocycles. The van der Waals surface area contributed by atoms with Gasteiger partial charge in [-0.1, -0.05) is 0 Å². The molecule has 0 unspecified atom stereocenters. The summed E-state index contributed by atoms with van der Waals surface area (Å²) in [5.74, 6) is -0.295. The third-order valence-electron chi connectivity index (χ3n) is 2.83. The van der Waals surface area contributed by atoms with E-state index in [1.165, 1.54) is 37.3 Å². The summed E-state index contributed by atoms with van der Waals surface area (Å²) in [6, 6.07) is 4.28. The lowest BCUT2D eigenvalue weighted by molar-refractivity contribution is -0.384. The molecule has 116 valence electrons. The quantitative estimate of drug-likeness (QED) is 0.463. The van der Waals surface area contributed by atoms with Gasteiger partial charge in [-0.15, -0.1) is 0 Å². The number of nitrogens with zero attached hydrogens (tertiary/aromatic N) is 2. The van der Waals surface area contributed by atoms with Gasteiger partial charge in [0.25, 0.3) is 11.6 Å². The van der Waals surface area contributed by atoms with Crippen LogP contribution >= 0.6 is 0 Å². The largest absolute Gasteiger partial charge is 0.374 e. The van der Waals surface area contributed by atoms with E-state index in [-0.39, 0.29) is 23.7 Å². The van der Waals surface area contributed by atoms with Crippen LogP contribution in [-0.4, -0.2) is 56.9 Å². The minimum atomic E-state index is -0.538. The molecule has 0 bridgehead atoms. The molecule has 1 N–H and O–H groups in total. The van der Waals surface area contributed by atoms with Crippen LogP contribution in [0.15, 0.2) is 18.2 Å². The zero-order valence-electron chi connectivity index (χ0n) is 12.5. The van der Waals surface area contributed by atoms with Crippen molar-refractivity contribution in [1.29, 1.82) is 0 Å². The van der Waals surface area contributed by atoms with Gasteiger partial charge in [0.15, 0.2) is 6.29 Å². The minimum absolute atomic E-state index is 0.173. The topological polar surface area (TPSA) is 93.9 Å². The molecule has 0 saturated carbocycles. The van der Waals surface area contributed by atoms with E-state index in [0.29, 0.717) is 5.69 Å². The van der Waals surface area contributed by atoms with Gasteiger partial charge in [-0.25, -0.2) is 0 Å². The molecule has 1 aromatic rings. The average molecular weight is 297 g/mol. The molecule has 0 fully saturated rings. The van der Waals surface area contributed by atoms with Crippen molar-refractivity contribution in [2.24, 2.45) is 0 Å². The molecule has 0 radical (unpaired) electrons. The van der Waals surface area contributed by atoms with Crippen LogP contribution in [0.5, 0.6) is 0 Å². The first-order valence-electron chi connectivity index (χ1n) is 6.20. The number of methoxy groups -OCH3 is 2. The van der Waals surface area contributed by atoms with Crippen LogP contribution in [0.1, 0.15) is 10.4 Å². The van der Waals surface area contributed by atoms with E-state index in [9.17, 15) is 14.9 Å². The maximum absolute atomic E-state index is 11.8. The zero-order valence-corrected chi connectivity index (χ0v) is 12.5. The molecule has 1 rings (SSSR count). The molecule has 1 aromatic carbocycles. The van der Waals surface area contributed by atoms with Gasteiger partial charge in [0, 0.05) is 39.9 Å². The lowest BCUT2D eigenvalue weighted by Gasteiger charge is -2.15. The van der Waals surface area contributed by atoms with E-state index in [1.807, 2.05) is 0 Å². The molecule has 0 saturated heterocycles. The molecular weight excluding hydrogens is 278 g/mol. The molecule has 0 heterocycles. The number of rotatable bonds is 7. The minimum Gasteiger partial charge on any atom is -0.374 e. The van der Waals surface area contributed by atoms with Crippen LogP contribution in [0.25, 0.3) is 0 Å². The number of amides is 1. The Kier molecular flexibility index (Phi) is 6.07. The van der Waals surface area contributed by atoms with Gasteiger partial charge < -0.3 is 19.7 Å². The molecule has 8 heteroatoms. The second kappa shape index (κ2) is 7.55. The number of ether oxygens (including phenoxy) is 2. The van der Waals surface area contributed by atoms with E-state index in [0.717, 1.165) is 0 Å². The van der Waals surface area contributed by atoms with Crippen molar-refractivity contribution in [3.63, 3.8) is 0 Å². The maximum atomic E-state index is 11.8. The first kappa shape index (κ1) is 16.9. The van der Waals surface area contributed by atoms with Crippen LogP contribution in [0.3, 0.4) is 0 Å². The smallest absolute Gasteiger partial charge is 0.293 e. The van der Waals surface area contributed by atoms with E-state index in [2.05, 4.69) is 5.32 Å². The summed E-state index contributed by atoms with van der Waals surface area (Å²) in [5.41, 5.74) is 0.385. The number of nitro benzene ring substituents is 1. The molecular formula is C13H19N3O5. The Labute approximate surface area is 122 Å². The number of carbonyl (C=O) groups is 1. The van der Waals surface area contributed by atoms with E-state index in [1.54, 1.807) is 14.1 Å². The second-order valence-corrected chi connectivity index (χ2v) is 4.47. The Bertz CT molecular complexity index is 515. The van der Waals surface area contributed by atoms with E-state index >= 15 is 0 Å². The fourth-order valence-corrected chi connectivity index (χ4v) is 1.68. The summed E-state index contributed by atoms with van der Waals surface area (Å²) in [6.45, 7) is 0.245. The normalized spacial score (nSPS) is 10.5. The molecule has 0 atom stereocenters. The SMILES string of the molecule is COC(CNc1ccc(C(=O)N(C)C)cc1[N+](=O)[O-])OC. The highest BCUT2D eigenvalue weighted by molar-refractivity contribution is 5.95. The van der Waals surface area contributed by atoms with Gasteiger partial charge in [-0.3, -0.25) is 14.9 Å². The predicted octanol–water partition coefficient (Wildman–Crippen LogP) is 1.33. The van der Waals surface area contributed by atoms with Crippen molar-refractivity contribution < 1.29 is 19.2 Å². The van der Waals surface area contributed by atoms with Gasteiger partial charge in [-0.05, 0) is 12.1 Å². The Balaban J connectivity index is 3.00. The number of hydrogen-bond acceptors (Lipinski definition) is 6. The molecule has 0 spiro atoms. The van der Waals surface area contributed by atoms with Gasteiger partial charge in [0.1, 0.15) is 5.69 Å². The Morgan fingerprint density at radius 3 is 2.48 bits per heavy atom. The van der Waals surface area contributed by atoms with Crippen LogP contribution in [0, 0.1) is 10.1 Å². The van der Waals surface area contributed by atoms with Crippen LogP contribution in [-0.2, 0) is 9.47 Å². The fourth-order valence-electron chi connectivity index (χ4n) is 1.68. The van der Waals surface area contributed by atoms with Crippen molar-refractivity contribution in [2.75, 3.05) is 40.2 Å². The molecule has 8 nitrogen and oxygen atoms in total. The van der Waals surface area contributed by atoms with Crippen molar-refractivity contribution in [2.45, 2.75) is 6.29 Å². The van der Waals surface area contributed by atoms with Crippen LogP contribution in [0.4, 0.5) is 11.4 Å². The maximum Gasteiger partial charge on any atom is 0.293 e. The van der Waals surface area contributed by atoms with Gasteiger partial charge in [0.2, 0.25) is 0 Å². The number of nitrogens with one attached hydrogen (secondary N) is 1. The highest BCUT2D eigenvalue weighted by Gasteiger charge is 2.19. The highest BCUT2D eigenvalue weighted by Crippen LogP contribution is 2.26. The molecule has 21 heavy (non-hydrogen) atoms. The zero-order chi connectivity index (χ0) is 16.0. The van der Waals surface area contributed by atoms with Crippen molar-refractivity contribution in [1.82, 2.24) is 4.90 Å². The third-order valence-corrected chi connectivity index (χ3v) is 2.83. The molecule has 1 amide bonds. The number of benzene rings is 1. The lowest BCUT2D eigenvalue weighted by atomic mass is 10.1. The molecule has 0 aliphatic rings. The predicted molar refractivity (Wildman–Crippen MR) is 77.4 cm³/mol. The highest BCUT2D eigenvalue weighted by atomic mass is 16.7. The number of nitro groups is 1. The number of anilines is 1. The third kappa shape index (κ3) is 4.40. The van der Waals surface area contributed by atoms with Gasteiger partial charge >= 0.3 is 0 Å². The standard InChI is InChI=1S/C13H19N3O5/c1-15(2)13(17)9-5-6-10(11(7-9)16(18)19)14-8-12(20-3)21-4/h5-7,12,14H,8H2,1-4H3. The summed E-state index contributed by atoms with van der Waals surface area (Å²) >= 11 is 0. The Morgan fingerprint density at radius 1 is 1.38 bits per heavy atom. The van der Waals surface area contributed by atoms with Crippen molar-refractivity contribution in [3.8, 4) is 0 Å². The summed E-state index contributed by atoms with van der Waals surface area (Å²) in [5, 5.41) is 14.0. The lowest BCUT2D eigenvalue weighted by Crippen LogP contribution is -2.24. The average Bonchev–Trinajstić information content (AvgIpc) is 2.47. The summed E-state index contributed by atoms with van der Waals surface area (Å²) in [7, 11) is 6.12. The monoisotopic (exact) mass is 297 g/mol. The second-order valence-electron chi connectivity index (χ2n) is 4.47.